The van der Waals surface area contributed by atoms with E-state index in [1.165, 1.54) is 64.2 Å². The van der Waals surface area contributed by atoms with Crippen LogP contribution >= 0.6 is 15.9 Å². The predicted molar refractivity (Wildman–Crippen MR) is 113 cm³/mol. The van der Waals surface area contributed by atoms with E-state index < -0.39 is 0 Å². The first-order chi connectivity index (χ1) is 12.2. The molecule has 0 aliphatic carbocycles. The van der Waals surface area contributed by atoms with Crippen LogP contribution in [-0.4, -0.2) is 29.6 Å². The highest BCUT2D eigenvalue weighted by Gasteiger charge is 2.13. The zero-order chi connectivity index (χ0) is 18.3. The van der Waals surface area contributed by atoms with Crippen molar-refractivity contribution in [3.63, 3.8) is 0 Å². The van der Waals surface area contributed by atoms with Crippen molar-refractivity contribution >= 4 is 15.9 Å². The fraction of sp³-hybridized carbons (Fsp3) is 0.727. The number of rotatable bonds is 15. The molecule has 1 N–H and O–H groups in total. The van der Waals surface area contributed by atoms with Gasteiger partial charge in [-0.05, 0) is 43.6 Å². The lowest BCUT2D eigenvalue weighted by Gasteiger charge is -2.25. The fourth-order valence-corrected chi connectivity index (χ4v) is 3.47. The van der Waals surface area contributed by atoms with Gasteiger partial charge in [0.05, 0.1) is 6.10 Å². The van der Waals surface area contributed by atoms with E-state index in [-0.39, 0.29) is 6.10 Å². The molecule has 144 valence electrons. The van der Waals surface area contributed by atoms with Gasteiger partial charge < -0.3 is 10.0 Å². The molecule has 1 rings (SSSR count). The van der Waals surface area contributed by atoms with E-state index in [9.17, 15) is 5.11 Å². The summed E-state index contributed by atoms with van der Waals surface area (Å²) in [6, 6.07) is 8.07. The van der Waals surface area contributed by atoms with Gasteiger partial charge in [-0.2, -0.15) is 0 Å². The summed E-state index contributed by atoms with van der Waals surface area (Å²) in [5.41, 5.74) is 1.02. The van der Waals surface area contributed by atoms with Crippen LogP contribution in [0, 0.1) is 0 Å². The summed E-state index contributed by atoms with van der Waals surface area (Å²) in [5, 5.41) is 10.6. The molecule has 2 nitrogen and oxygen atoms in total. The molecule has 25 heavy (non-hydrogen) atoms. The summed E-state index contributed by atoms with van der Waals surface area (Å²) in [5.74, 6) is 0. The summed E-state index contributed by atoms with van der Waals surface area (Å²) in [4.78, 5) is 2.48. The summed E-state index contributed by atoms with van der Waals surface area (Å²) in [6.45, 7) is 7.51. The number of aliphatic hydroxyl groups excluding tert-OH is 1. The number of hydrogen-bond acceptors (Lipinski definition) is 2. The van der Waals surface area contributed by atoms with Crippen molar-refractivity contribution in [2.24, 2.45) is 0 Å². The lowest BCUT2D eigenvalue weighted by Crippen LogP contribution is -2.31. The van der Waals surface area contributed by atoms with Crippen molar-refractivity contribution in [1.82, 2.24) is 4.90 Å². The van der Waals surface area contributed by atoms with Crippen LogP contribution in [0.5, 0.6) is 0 Å². The van der Waals surface area contributed by atoms with E-state index >= 15 is 0 Å². The van der Waals surface area contributed by atoms with Crippen LogP contribution in [0.15, 0.2) is 28.7 Å². The molecule has 0 radical (unpaired) electrons. The van der Waals surface area contributed by atoms with Gasteiger partial charge in [0.25, 0.3) is 0 Å². The molecule has 1 aromatic carbocycles. The van der Waals surface area contributed by atoms with E-state index in [0.717, 1.165) is 29.7 Å². The molecule has 0 unspecified atom stereocenters. The minimum absolute atomic E-state index is 0.389. The van der Waals surface area contributed by atoms with Crippen LogP contribution in [0.2, 0.25) is 0 Å². The molecule has 0 bridgehead atoms. The van der Waals surface area contributed by atoms with Crippen molar-refractivity contribution in [1.29, 1.82) is 0 Å². The summed E-state index contributed by atoms with van der Waals surface area (Å²) >= 11 is 3.46. The Morgan fingerprint density at radius 2 is 1.28 bits per heavy atom. The van der Waals surface area contributed by atoms with E-state index in [2.05, 4.69) is 34.7 Å². The number of hydrogen-bond donors (Lipinski definition) is 1. The average molecular weight is 412 g/mol. The highest BCUT2D eigenvalue weighted by Crippen LogP contribution is 2.19. The maximum absolute atomic E-state index is 10.6. The molecule has 0 saturated heterocycles. The third-order valence-corrected chi connectivity index (χ3v) is 5.37. The van der Waals surface area contributed by atoms with Crippen LogP contribution < -0.4 is 0 Å². The minimum Gasteiger partial charge on any atom is -0.387 e. The fourth-order valence-electron chi connectivity index (χ4n) is 3.21. The maximum Gasteiger partial charge on any atom is 0.0916 e. The smallest absolute Gasteiger partial charge is 0.0916 e. The lowest BCUT2D eigenvalue weighted by molar-refractivity contribution is 0.110. The predicted octanol–water partition coefficient (Wildman–Crippen LogP) is 6.73. The molecule has 0 aliphatic rings. The summed E-state index contributed by atoms with van der Waals surface area (Å²) in [6.07, 6.45) is 12.7. The molecule has 1 atom stereocenters. The standard InChI is InChI=1S/C22H38BrNO/c1-3-5-7-9-11-17-24(18-12-10-8-6-4-2)19-22(25)20-13-15-21(23)16-14-20/h13-16,22,25H,3-12,17-19H2,1-2H3/t22-/m0/s1. The van der Waals surface area contributed by atoms with Gasteiger partial charge in [0.15, 0.2) is 0 Å². The molecule has 0 heterocycles. The summed E-state index contributed by atoms with van der Waals surface area (Å²) in [7, 11) is 0. The molecule has 0 aliphatic heterocycles. The Labute approximate surface area is 164 Å². The molecular weight excluding hydrogens is 374 g/mol. The molecule has 1 aromatic rings. The SMILES string of the molecule is CCCCCCCN(CCCCCCC)C[C@H](O)c1ccc(Br)cc1. The van der Waals surface area contributed by atoms with Crippen LogP contribution in [0.3, 0.4) is 0 Å². The lowest BCUT2D eigenvalue weighted by atomic mass is 10.1. The van der Waals surface area contributed by atoms with Crippen LogP contribution in [0.25, 0.3) is 0 Å². The largest absolute Gasteiger partial charge is 0.387 e. The third-order valence-electron chi connectivity index (χ3n) is 4.84. The monoisotopic (exact) mass is 411 g/mol. The van der Waals surface area contributed by atoms with E-state index in [1.54, 1.807) is 0 Å². The quantitative estimate of drug-likeness (QED) is 0.323. The summed E-state index contributed by atoms with van der Waals surface area (Å²) < 4.78 is 1.06. The number of unbranched alkanes of at least 4 members (excludes halogenated alkanes) is 8. The van der Waals surface area contributed by atoms with Gasteiger partial charge in [0, 0.05) is 11.0 Å². The normalized spacial score (nSPS) is 12.7. The zero-order valence-electron chi connectivity index (χ0n) is 16.4. The Hall–Kier alpha value is -0.380. The zero-order valence-corrected chi connectivity index (χ0v) is 17.9. The average Bonchev–Trinajstić information content (AvgIpc) is 2.61. The van der Waals surface area contributed by atoms with Gasteiger partial charge in [0.1, 0.15) is 0 Å². The molecule has 0 saturated carbocycles. The van der Waals surface area contributed by atoms with Gasteiger partial charge in [-0.3, -0.25) is 0 Å². The topological polar surface area (TPSA) is 23.5 Å². The number of nitrogens with zero attached hydrogens (tertiary/aromatic N) is 1. The van der Waals surface area contributed by atoms with Crippen molar-refractivity contribution in [3.05, 3.63) is 34.3 Å². The highest BCUT2D eigenvalue weighted by atomic mass is 79.9. The first kappa shape index (κ1) is 22.7. The van der Waals surface area contributed by atoms with Gasteiger partial charge >= 0.3 is 0 Å². The molecule has 3 heteroatoms. The number of benzene rings is 1. The van der Waals surface area contributed by atoms with E-state index in [0.29, 0.717) is 0 Å². The number of aliphatic hydroxyl groups is 1. The first-order valence-corrected chi connectivity index (χ1v) is 11.1. The second kappa shape index (κ2) is 14.8. The van der Waals surface area contributed by atoms with Gasteiger partial charge in [-0.15, -0.1) is 0 Å². The first-order valence-electron chi connectivity index (χ1n) is 10.3. The van der Waals surface area contributed by atoms with Crippen molar-refractivity contribution in [2.75, 3.05) is 19.6 Å². The molecule has 0 fully saturated rings. The Bertz CT molecular complexity index is 407. The Balaban J connectivity index is 2.42. The van der Waals surface area contributed by atoms with Crippen molar-refractivity contribution in [2.45, 2.75) is 84.2 Å². The minimum atomic E-state index is -0.389. The van der Waals surface area contributed by atoms with Crippen molar-refractivity contribution in [3.8, 4) is 0 Å². The number of halogens is 1. The molecular formula is C22H38BrNO. The van der Waals surface area contributed by atoms with Crippen LogP contribution in [-0.2, 0) is 0 Å². The third kappa shape index (κ3) is 11.0. The van der Waals surface area contributed by atoms with Crippen molar-refractivity contribution < 1.29 is 5.11 Å². The Morgan fingerprint density at radius 3 is 1.76 bits per heavy atom. The second-order valence-electron chi connectivity index (χ2n) is 7.20. The molecule has 0 aromatic heterocycles. The van der Waals surface area contributed by atoms with Crippen LogP contribution in [0.1, 0.15) is 89.7 Å². The van der Waals surface area contributed by atoms with Gasteiger partial charge in [-0.1, -0.05) is 93.3 Å². The maximum atomic E-state index is 10.6. The molecule has 0 amide bonds. The Morgan fingerprint density at radius 1 is 0.800 bits per heavy atom. The molecule has 0 spiro atoms. The van der Waals surface area contributed by atoms with E-state index in [4.69, 9.17) is 0 Å². The Kier molecular flexibility index (Phi) is 13.4. The van der Waals surface area contributed by atoms with Gasteiger partial charge in [-0.25, -0.2) is 0 Å². The van der Waals surface area contributed by atoms with Crippen LogP contribution in [0.4, 0.5) is 0 Å². The van der Waals surface area contributed by atoms with E-state index in [1.807, 2.05) is 24.3 Å². The second-order valence-corrected chi connectivity index (χ2v) is 8.11. The highest BCUT2D eigenvalue weighted by molar-refractivity contribution is 9.10. The van der Waals surface area contributed by atoms with Gasteiger partial charge in [0.2, 0.25) is 0 Å².